The lowest BCUT2D eigenvalue weighted by atomic mass is 10.2. The van der Waals surface area contributed by atoms with Crippen LogP contribution in [-0.4, -0.2) is 38.4 Å². The highest BCUT2D eigenvalue weighted by Gasteiger charge is 2.31. The smallest absolute Gasteiger partial charge is 0.243 e. The van der Waals surface area contributed by atoms with Gasteiger partial charge in [-0.3, -0.25) is 9.59 Å². The number of hydrogen-bond acceptors (Lipinski definition) is 5. The number of rotatable bonds is 8. The summed E-state index contributed by atoms with van der Waals surface area (Å²) in [5, 5.41) is 8.90. The monoisotopic (exact) mass is 475 g/mol. The van der Waals surface area contributed by atoms with Crippen molar-refractivity contribution in [3.05, 3.63) is 65.7 Å². The molecule has 2 amide bonds. The predicted molar refractivity (Wildman–Crippen MR) is 117 cm³/mol. The van der Waals surface area contributed by atoms with Crippen molar-refractivity contribution in [2.24, 2.45) is 0 Å². The van der Waals surface area contributed by atoms with Gasteiger partial charge in [0.15, 0.2) is 17.5 Å². The van der Waals surface area contributed by atoms with Gasteiger partial charge in [-0.25, -0.2) is 22.8 Å². The van der Waals surface area contributed by atoms with E-state index < -0.39 is 46.7 Å². The molecule has 1 fully saturated rings. The number of carbonyl (C=O) groups excluding carboxylic acids is 2. The van der Waals surface area contributed by atoms with Gasteiger partial charge < -0.3 is 10.6 Å². The maximum atomic E-state index is 13.7. The third kappa shape index (κ3) is 5.36. The number of nitrogens with zero attached hydrogens (tertiary/aromatic N) is 3. The molecule has 4 rings (SSSR count). The molecule has 1 heterocycles. The average molecular weight is 475 g/mol. The first-order valence-corrected chi connectivity index (χ1v) is 11.1. The van der Waals surface area contributed by atoms with Crippen LogP contribution >= 0.6 is 11.8 Å². The average Bonchev–Trinajstić information content (AvgIpc) is 3.58. The van der Waals surface area contributed by atoms with Gasteiger partial charge in [-0.15, -0.1) is 5.10 Å². The van der Waals surface area contributed by atoms with E-state index in [1.807, 2.05) is 30.3 Å². The Balaban J connectivity index is 1.34. The van der Waals surface area contributed by atoms with Crippen molar-refractivity contribution >= 4 is 29.3 Å². The number of benzene rings is 2. The summed E-state index contributed by atoms with van der Waals surface area (Å²) in [5.41, 5.74) is 0.371. The number of nitrogens with one attached hydrogen (secondary N) is 2. The first-order chi connectivity index (χ1) is 15.8. The minimum absolute atomic E-state index is 0.344. The first kappa shape index (κ1) is 22.8. The SMILES string of the molecule is C[C@H](Sc1nc(C2CC2)n(-c2ccccc2)n1)C(=O)NCC(=O)Nc1ccc(F)c(F)c1F. The van der Waals surface area contributed by atoms with E-state index in [1.165, 1.54) is 0 Å². The van der Waals surface area contributed by atoms with Crippen LogP contribution in [0.4, 0.5) is 18.9 Å². The van der Waals surface area contributed by atoms with Crippen LogP contribution in [-0.2, 0) is 9.59 Å². The summed E-state index contributed by atoms with van der Waals surface area (Å²) in [4.78, 5) is 29.0. The Morgan fingerprint density at radius 1 is 1.12 bits per heavy atom. The normalized spacial score (nSPS) is 14.1. The van der Waals surface area contributed by atoms with Gasteiger partial charge in [-0.2, -0.15) is 0 Å². The van der Waals surface area contributed by atoms with Crippen LogP contribution in [0.1, 0.15) is 31.5 Å². The van der Waals surface area contributed by atoms with Crippen LogP contribution in [0.3, 0.4) is 0 Å². The zero-order valence-electron chi connectivity index (χ0n) is 17.5. The molecule has 172 valence electrons. The summed E-state index contributed by atoms with van der Waals surface area (Å²) in [7, 11) is 0. The van der Waals surface area contributed by atoms with Crippen molar-refractivity contribution in [2.75, 3.05) is 11.9 Å². The van der Waals surface area contributed by atoms with Crippen molar-refractivity contribution in [3.63, 3.8) is 0 Å². The van der Waals surface area contributed by atoms with Crippen molar-refractivity contribution < 1.29 is 22.8 Å². The van der Waals surface area contributed by atoms with E-state index in [0.717, 1.165) is 42.2 Å². The van der Waals surface area contributed by atoms with Crippen LogP contribution in [0.15, 0.2) is 47.6 Å². The summed E-state index contributed by atoms with van der Waals surface area (Å²) in [6, 6.07) is 11.2. The summed E-state index contributed by atoms with van der Waals surface area (Å²) in [6.07, 6.45) is 2.08. The highest BCUT2D eigenvalue weighted by atomic mass is 32.2. The number of amides is 2. The predicted octanol–water partition coefficient (Wildman–Crippen LogP) is 3.80. The van der Waals surface area contributed by atoms with Gasteiger partial charge in [0, 0.05) is 5.92 Å². The second-order valence-corrected chi connectivity index (χ2v) is 8.83. The zero-order chi connectivity index (χ0) is 23.5. The molecule has 1 aromatic heterocycles. The van der Waals surface area contributed by atoms with Crippen LogP contribution in [0, 0.1) is 17.5 Å². The maximum Gasteiger partial charge on any atom is 0.243 e. The Kier molecular flexibility index (Phi) is 6.68. The lowest BCUT2D eigenvalue weighted by Gasteiger charge is -2.11. The number of thioether (sulfide) groups is 1. The van der Waals surface area contributed by atoms with Crippen molar-refractivity contribution in [1.29, 1.82) is 0 Å². The lowest BCUT2D eigenvalue weighted by molar-refractivity contribution is -0.123. The Labute approximate surface area is 191 Å². The van der Waals surface area contributed by atoms with Gasteiger partial charge in [0.2, 0.25) is 17.0 Å². The quantitative estimate of drug-likeness (QED) is 0.382. The van der Waals surface area contributed by atoms with Crippen molar-refractivity contribution in [3.8, 4) is 5.69 Å². The molecule has 2 aromatic carbocycles. The number of aromatic nitrogens is 3. The number of carbonyl (C=O) groups is 2. The standard InChI is InChI=1S/C22H20F3N5O2S/c1-12(21(32)26-11-17(31)27-16-10-9-15(23)18(24)19(16)25)33-22-28-20(13-7-8-13)30(29-22)14-5-3-2-4-6-14/h2-6,9-10,12-13H,7-8,11H2,1H3,(H,26,32)(H,27,31)/t12-/m0/s1. The number of hydrogen-bond donors (Lipinski definition) is 2. The zero-order valence-corrected chi connectivity index (χ0v) is 18.3. The Bertz CT molecular complexity index is 1180. The molecule has 0 radical (unpaired) electrons. The van der Waals surface area contributed by atoms with E-state index in [2.05, 4.69) is 20.7 Å². The summed E-state index contributed by atoms with van der Waals surface area (Å²) in [5.74, 6) is -4.60. The fraction of sp³-hybridized carbons (Fsp3) is 0.273. The molecule has 1 saturated carbocycles. The first-order valence-electron chi connectivity index (χ1n) is 10.2. The second-order valence-electron chi connectivity index (χ2n) is 7.52. The van der Waals surface area contributed by atoms with Gasteiger partial charge in [0.1, 0.15) is 5.82 Å². The lowest BCUT2D eigenvalue weighted by Crippen LogP contribution is -2.37. The van der Waals surface area contributed by atoms with Gasteiger partial charge >= 0.3 is 0 Å². The maximum absolute atomic E-state index is 13.7. The molecule has 11 heteroatoms. The van der Waals surface area contributed by atoms with E-state index in [-0.39, 0.29) is 0 Å². The van der Waals surface area contributed by atoms with E-state index in [0.29, 0.717) is 17.1 Å². The molecule has 0 aliphatic heterocycles. The van der Waals surface area contributed by atoms with Crippen molar-refractivity contribution in [1.82, 2.24) is 20.1 Å². The fourth-order valence-electron chi connectivity index (χ4n) is 3.06. The van der Waals surface area contributed by atoms with Gasteiger partial charge in [0.25, 0.3) is 0 Å². The summed E-state index contributed by atoms with van der Waals surface area (Å²) >= 11 is 1.15. The molecule has 1 aliphatic carbocycles. The minimum atomic E-state index is -1.69. The molecule has 1 atom stereocenters. The highest BCUT2D eigenvalue weighted by molar-refractivity contribution is 8.00. The van der Waals surface area contributed by atoms with Gasteiger partial charge in [0.05, 0.1) is 23.2 Å². The molecule has 0 saturated heterocycles. The van der Waals surface area contributed by atoms with Crippen LogP contribution < -0.4 is 10.6 Å². The number of para-hydroxylation sites is 1. The highest BCUT2D eigenvalue weighted by Crippen LogP contribution is 2.40. The van der Waals surface area contributed by atoms with Crippen molar-refractivity contribution in [2.45, 2.75) is 36.1 Å². The largest absolute Gasteiger partial charge is 0.346 e. The molecule has 2 N–H and O–H groups in total. The third-order valence-electron chi connectivity index (χ3n) is 4.94. The van der Waals surface area contributed by atoms with Crippen LogP contribution in [0.2, 0.25) is 0 Å². The van der Waals surface area contributed by atoms with E-state index in [4.69, 9.17) is 0 Å². The molecule has 0 unspecified atom stereocenters. The van der Waals surface area contributed by atoms with Crippen LogP contribution in [0.5, 0.6) is 0 Å². The molecular formula is C22H20F3N5O2S. The number of halogens is 3. The van der Waals surface area contributed by atoms with E-state index in [9.17, 15) is 22.8 Å². The van der Waals surface area contributed by atoms with E-state index >= 15 is 0 Å². The second kappa shape index (κ2) is 9.65. The molecule has 33 heavy (non-hydrogen) atoms. The Hall–Kier alpha value is -3.34. The van der Waals surface area contributed by atoms with Crippen LogP contribution in [0.25, 0.3) is 5.69 Å². The number of anilines is 1. The van der Waals surface area contributed by atoms with E-state index in [1.54, 1.807) is 11.6 Å². The molecular weight excluding hydrogens is 455 g/mol. The summed E-state index contributed by atoms with van der Waals surface area (Å²) in [6.45, 7) is 1.17. The van der Waals surface area contributed by atoms with Gasteiger partial charge in [-0.1, -0.05) is 30.0 Å². The summed E-state index contributed by atoms with van der Waals surface area (Å²) < 4.78 is 41.7. The van der Waals surface area contributed by atoms with Gasteiger partial charge in [-0.05, 0) is 44.0 Å². The minimum Gasteiger partial charge on any atom is -0.346 e. The third-order valence-corrected chi connectivity index (χ3v) is 5.89. The molecule has 3 aromatic rings. The Morgan fingerprint density at radius 2 is 1.85 bits per heavy atom. The fourth-order valence-corrected chi connectivity index (χ4v) is 3.84. The molecule has 7 nitrogen and oxygen atoms in total. The topological polar surface area (TPSA) is 88.9 Å². The molecule has 0 spiro atoms. The molecule has 1 aliphatic rings. The molecule has 0 bridgehead atoms. The Morgan fingerprint density at radius 3 is 2.55 bits per heavy atom.